The predicted molar refractivity (Wildman–Crippen MR) is 95.1 cm³/mol. The van der Waals surface area contributed by atoms with Gasteiger partial charge in [0.05, 0.1) is 5.69 Å². The minimum atomic E-state index is -0.684. The zero-order chi connectivity index (χ0) is 18.6. The molecule has 1 atom stereocenters. The van der Waals surface area contributed by atoms with Gasteiger partial charge in [0.15, 0.2) is 12.4 Å². The molecular formula is C18H25N3O4. The van der Waals surface area contributed by atoms with Crippen molar-refractivity contribution in [1.29, 1.82) is 0 Å². The fraction of sp³-hybridized carbons (Fsp3) is 0.500. The second-order valence-corrected chi connectivity index (χ2v) is 6.41. The lowest BCUT2D eigenvalue weighted by atomic mass is 10.1. The zero-order valence-corrected chi connectivity index (χ0v) is 15.2. The fourth-order valence-corrected chi connectivity index (χ4v) is 2.69. The standard InChI is InChI=1S/C18H25N3O4/c1-12(18(24)19-8-5-9-20(3)4)21-15-10-14(13(2)22)6-7-16(15)25-11-17(21)23/h6-7,10,12H,5,8-9,11H2,1-4H3,(H,19,24). The first-order chi connectivity index (χ1) is 11.8. The number of hydrogen-bond acceptors (Lipinski definition) is 5. The Morgan fingerprint density at radius 3 is 2.72 bits per heavy atom. The molecule has 136 valence electrons. The van der Waals surface area contributed by atoms with Gasteiger partial charge in [0.1, 0.15) is 11.8 Å². The molecule has 1 heterocycles. The number of ether oxygens (including phenoxy) is 1. The average molecular weight is 347 g/mol. The first-order valence-electron chi connectivity index (χ1n) is 8.33. The highest BCUT2D eigenvalue weighted by molar-refractivity contribution is 6.05. The Morgan fingerprint density at radius 1 is 1.36 bits per heavy atom. The first kappa shape index (κ1) is 18.9. The number of hydrogen-bond donors (Lipinski definition) is 1. The van der Waals surface area contributed by atoms with Crippen LogP contribution < -0.4 is 15.0 Å². The summed E-state index contributed by atoms with van der Waals surface area (Å²) in [4.78, 5) is 39.8. The number of nitrogens with one attached hydrogen (secondary N) is 1. The van der Waals surface area contributed by atoms with Gasteiger partial charge in [-0.1, -0.05) is 0 Å². The van der Waals surface area contributed by atoms with E-state index in [0.717, 1.165) is 13.0 Å². The van der Waals surface area contributed by atoms with Crippen LogP contribution in [0.1, 0.15) is 30.6 Å². The lowest BCUT2D eigenvalue weighted by molar-refractivity contribution is -0.127. The zero-order valence-electron chi connectivity index (χ0n) is 15.2. The van der Waals surface area contributed by atoms with Crippen LogP contribution >= 0.6 is 0 Å². The molecule has 0 aliphatic carbocycles. The van der Waals surface area contributed by atoms with Crippen molar-refractivity contribution in [3.05, 3.63) is 23.8 Å². The van der Waals surface area contributed by atoms with E-state index in [-0.39, 0.29) is 24.2 Å². The molecule has 1 aliphatic heterocycles. The van der Waals surface area contributed by atoms with E-state index in [1.54, 1.807) is 25.1 Å². The normalized spacial score (nSPS) is 14.8. The van der Waals surface area contributed by atoms with Crippen LogP contribution in [-0.4, -0.2) is 62.3 Å². The highest BCUT2D eigenvalue weighted by atomic mass is 16.5. The molecule has 0 spiro atoms. The third-order valence-corrected chi connectivity index (χ3v) is 4.09. The molecule has 0 saturated carbocycles. The Bertz CT molecular complexity index is 672. The van der Waals surface area contributed by atoms with Gasteiger partial charge in [0.2, 0.25) is 5.91 Å². The number of amides is 2. The van der Waals surface area contributed by atoms with Gasteiger partial charge in [0.25, 0.3) is 5.91 Å². The monoisotopic (exact) mass is 347 g/mol. The summed E-state index contributed by atoms with van der Waals surface area (Å²) in [6, 6.07) is 4.23. The molecule has 0 aromatic heterocycles. The van der Waals surface area contributed by atoms with Crippen LogP contribution in [0.4, 0.5) is 5.69 Å². The lowest BCUT2D eigenvalue weighted by Gasteiger charge is -2.33. The van der Waals surface area contributed by atoms with Gasteiger partial charge in [-0.3, -0.25) is 19.3 Å². The molecule has 1 aromatic rings. The van der Waals surface area contributed by atoms with Crippen molar-refractivity contribution < 1.29 is 19.1 Å². The quantitative estimate of drug-likeness (QED) is 0.590. The third kappa shape index (κ3) is 4.57. The van der Waals surface area contributed by atoms with Crippen LogP contribution in [0.2, 0.25) is 0 Å². The van der Waals surface area contributed by atoms with Crippen LogP contribution in [0.25, 0.3) is 0 Å². The number of Topliss-reactive ketones (excluding diaryl/α,β-unsaturated/α-hetero) is 1. The molecule has 0 radical (unpaired) electrons. The Hall–Kier alpha value is -2.41. The van der Waals surface area contributed by atoms with E-state index in [9.17, 15) is 14.4 Å². The topological polar surface area (TPSA) is 79.0 Å². The summed E-state index contributed by atoms with van der Waals surface area (Å²) in [5, 5.41) is 2.86. The smallest absolute Gasteiger partial charge is 0.265 e. The summed E-state index contributed by atoms with van der Waals surface area (Å²) in [5.41, 5.74) is 0.931. The van der Waals surface area contributed by atoms with Crippen molar-refractivity contribution in [2.24, 2.45) is 0 Å². The van der Waals surface area contributed by atoms with Crippen molar-refractivity contribution >= 4 is 23.3 Å². The SMILES string of the molecule is CC(=O)c1ccc2c(c1)N(C(C)C(=O)NCCCN(C)C)C(=O)CO2. The molecular weight excluding hydrogens is 322 g/mol. The second kappa shape index (κ2) is 8.11. The summed E-state index contributed by atoms with van der Waals surface area (Å²) in [6.45, 7) is 4.42. The molecule has 2 amide bonds. The van der Waals surface area contributed by atoms with E-state index < -0.39 is 6.04 Å². The molecule has 2 rings (SSSR count). The Labute approximate surface area is 147 Å². The van der Waals surface area contributed by atoms with Crippen LogP contribution in [0.5, 0.6) is 5.75 Å². The highest BCUT2D eigenvalue weighted by Crippen LogP contribution is 2.34. The largest absolute Gasteiger partial charge is 0.482 e. The number of carbonyl (C=O) groups excluding carboxylic acids is 3. The fourth-order valence-electron chi connectivity index (χ4n) is 2.69. The van der Waals surface area contributed by atoms with Gasteiger partial charge < -0.3 is 15.0 Å². The molecule has 1 aromatic carbocycles. The third-order valence-electron chi connectivity index (χ3n) is 4.09. The van der Waals surface area contributed by atoms with Crippen molar-refractivity contribution in [3.63, 3.8) is 0 Å². The van der Waals surface area contributed by atoms with Crippen LogP contribution in [0, 0.1) is 0 Å². The van der Waals surface area contributed by atoms with Crippen LogP contribution in [0.15, 0.2) is 18.2 Å². The number of rotatable bonds is 7. The molecule has 25 heavy (non-hydrogen) atoms. The maximum absolute atomic E-state index is 12.4. The lowest BCUT2D eigenvalue weighted by Crippen LogP contribution is -2.51. The average Bonchev–Trinajstić information content (AvgIpc) is 2.57. The number of ketones is 1. The molecule has 1 aliphatic rings. The first-order valence-corrected chi connectivity index (χ1v) is 8.33. The van der Waals surface area contributed by atoms with E-state index in [4.69, 9.17) is 4.74 Å². The van der Waals surface area contributed by atoms with E-state index in [1.807, 2.05) is 19.0 Å². The van der Waals surface area contributed by atoms with Crippen molar-refractivity contribution in [2.75, 3.05) is 38.7 Å². The second-order valence-electron chi connectivity index (χ2n) is 6.41. The number of carbonyl (C=O) groups is 3. The molecule has 7 heteroatoms. The molecule has 0 bridgehead atoms. The highest BCUT2D eigenvalue weighted by Gasteiger charge is 2.33. The van der Waals surface area contributed by atoms with Gasteiger partial charge in [-0.2, -0.15) is 0 Å². The van der Waals surface area contributed by atoms with Gasteiger partial charge in [0, 0.05) is 12.1 Å². The summed E-state index contributed by atoms with van der Waals surface area (Å²) in [5.74, 6) is -0.143. The van der Waals surface area contributed by atoms with Gasteiger partial charge in [-0.25, -0.2) is 0 Å². The maximum Gasteiger partial charge on any atom is 0.265 e. The predicted octanol–water partition coefficient (Wildman–Crippen LogP) is 1.07. The van der Waals surface area contributed by atoms with Crippen molar-refractivity contribution in [1.82, 2.24) is 10.2 Å². The van der Waals surface area contributed by atoms with Gasteiger partial charge >= 0.3 is 0 Å². The van der Waals surface area contributed by atoms with Crippen molar-refractivity contribution in [3.8, 4) is 5.75 Å². The Balaban J connectivity index is 2.14. The Kier molecular flexibility index (Phi) is 6.14. The van der Waals surface area contributed by atoms with Gasteiger partial charge in [-0.15, -0.1) is 0 Å². The minimum absolute atomic E-state index is 0.110. The van der Waals surface area contributed by atoms with Crippen LogP contribution in [-0.2, 0) is 9.59 Å². The summed E-state index contributed by atoms with van der Waals surface area (Å²) in [6.07, 6.45) is 0.827. The van der Waals surface area contributed by atoms with E-state index in [2.05, 4.69) is 5.32 Å². The number of fused-ring (bicyclic) bond motifs is 1. The summed E-state index contributed by atoms with van der Waals surface area (Å²) >= 11 is 0. The van der Waals surface area contributed by atoms with Crippen LogP contribution in [0.3, 0.4) is 0 Å². The molecule has 0 saturated heterocycles. The molecule has 1 N–H and O–H groups in total. The summed E-state index contributed by atoms with van der Waals surface area (Å²) < 4.78 is 5.42. The molecule has 1 unspecified atom stereocenters. The minimum Gasteiger partial charge on any atom is -0.482 e. The van der Waals surface area contributed by atoms with E-state index in [1.165, 1.54) is 11.8 Å². The molecule has 7 nitrogen and oxygen atoms in total. The van der Waals surface area contributed by atoms with E-state index >= 15 is 0 Å². The maximum atomic E-state index is 12.4. The Morgan fingerprint density at radius 2 is 2.08 bits per heavy atom. The van der Waals surface area contributed by atoms with Crippen molar-refractivity contribution in [2.45, 2.75) is 26.3 Å². The molecule has 0 fully saturated rings. The number of anilines is 1. The van der Waals surface area contributed by atoms with Gasteiger partial charge in [-0.05, 0) is 59.1 Å². The number of benzene rings is 1. The number of nitrogens with zero attached hydrogens (tertiary/aromatic N) is 2. The summed E-state index contributed by atoms with van der Waals surface area (Å²) in [7, 11) is 3.95. The van der Waals surface area contributed by atoms with E-state index in [0.29, 0.717) is 23.5 Å².